The molecule has 1 heterocycles. The quantitative estimate of drug-likeness (QED) is 0.635. The van der Waals surface area contributed by atoms with E-state index in [0.717, 1.165) is 29.9 Å². The van der Waals surface area contributed by atoms with Gasteiger partial charge in [-0.15, -0.1) is 0 Å². The van der Waals surface area contributed by atoms with E-state index in [1.807, 2.05) is 17.1 Å². The van der Waals surface area contributed by atoms with Crippen molar-refractivity contribution in [1.29, 1.82) is 0 Å². The van der Waals surface area contributed by atoms with Crippen molar-refractivity contribution in [3.05, 3.63) is 68.0 Å². The molecule has 0 radical (unpaired) electrons. The Morgan fingerprint density at radius 1 is 1.12 bits per heavy atom. The minimum absolute atomic E-state index is 0.285. The van der Waals surface area contributed by atoms with Crippen LogP contribution in [0.1, 0.15) is 27.9 Å². The highest BCUT2D eigenvalue weighted by molar-refractivity contribution is 5.98. The monoisotopic (exact) mass is 328 g/mol. The maximum Gasteiger partial charge on any atom is 0.328 e. The lowest BCUT2D eigenvalue weighted by molar-refractivity contribution is -0.143. The number of rotatable bonds is 5. The Balaban J connectivity index is 1.58. The molecule has 0 saturated carbocycles. The molecule has 0 saturated heterocycles. The Kier molecular flexibility index (Phi) is 4.41. The number of nitrogens with one attached hydrogen (secondary N) is 1. The number of carbonyl (C=O) groups is 2. The molecule has 1 aromatic carbocycles. The number of ketones is 1. The summed E-state index contributed by atoms with van der Waals surface area (Å²) in [4.78, 5) is 48.3. The third-order valence-electron chi connectivity index (χ3n) is 3.98. The molecule has 7 heteroatoms. The number of aryl methyl sites for hydroxylation is 2. The molecule has 3 rings (SSSR count). The van der Waals surface area contributed by atoms with Gasteiger partial charge in [-0.3, -0.25) is 23.9 Å². The first-order chi connectivity index (χ1) is 11.5. The third-order valence-corrected chi connectivity index (χ3v) is 3.98. The van der Waals surface area contributed by atoms with E-state index >= 15 is 0 Å². The van der Waals surface area contributed by atoms with Crippen LogP contribution in [-0.2, 0) is 28.9 Å². The van der Waals surface area contributed by atoms with Crippen LogP contribution in [0.5, 0.6) is 0 Å². The number of benzene rings is 1. The fourth-order valence-electron chi connectivity index (χ4n) is 2.73. The van der Waals surface area contributed by atoms with E-state index in [9.17, 15) is 19.2 Å². The number of hydrogen-bond donors (Lipinski definition) is 1. The van der Waals surface area contributed by atoms with Crippen molar-refractivity contribution in [2.45, 2.75) is 25.8 Å². The van der Waals surface area contributed by atoms with Crippen LogP contribution in [-0.4, -0.2) is 27.9 Å². The first-order valence-corrected chi connectivity index (χ1v) is 7.63. The lowest BCUT2D eigenvalue weighted by Gasteiger charge is -2.07. The van der Waals surface area contributed by atoms with Crippen LogP contribution in [0.15, 0.2) is 40.1 Å². The van der Waals surface area contributed by atoms with Gasteiger partial charge in [0.2, 0.25) is 0 Å². The zero-order chi connectivity index (χ0) is 17.1. The topological polar surface area (TPSA) is 98.2 Å². The van der Waals surface area contributed by atoms with Gasteiger partial charge in [-0.25, -0.2) is 4.79 Å². The number of hydrogen-bond acceptors (Lipinski definition) is 5. The van der Waals surface area contributed by atoms with Gasteiger partial charge in [-0.05, 0) is 36.5 Å². The van der Waals surface area contributed by atoms with Crippen LogP contribution in [0.4, 0.5) is 0 Å². The lowest BCUT2D eigenvalue weighted by Crippen LogP contribution is -2.31. The molecule has 0 aliphatic heterocycles. The van der Waals surface area contributed by atoms with Crippen molar-refractivity contribution in [2.75, 3.05) is 6.61 Å². The summed E-state index contributed by atoms with van der Waals surface area (Å²) in [6, 6.07) is 6.67. The first-order valence-electron chi connectivity index (χ1n) is 7.63. The average molecular weight is 328 g/mol. The van der Waals surface area contributed by atoms with Gasteiger partial charge >= 0.3 is 11.7 Å². The predicted octanol–water partition coefficient (Wildman–Crippen LogP) is 0.451. The normalized spacial score (nSPS) is 12.7. The molecule has 2 aromatic rings. The SMILES string of the molecule is O=C(Cn1ccc(=O)[nH]c1=O)OCC(=O)c1ccc2c(c1)CCC2. The summed E-state index contributed by atoms with van der Waals surface area (Å²) in [7, 11) is 0. The largest absolute Gasteiger partial charge is 0.456 e. The number of fused-ring (bicyclic) bond motifs is 1. The predicted molar refractivity (Wildman–Crippen MR) is 85.1 cm³/mol. The van der Waals surface area contributed by atoms with Crippen molar-refractivity contribution in [1.82, 2.24) is 9.55 Å². The minimum atomic E-state index is -0.723. The van der Waals surface area contributed by atoms with Gasteiger partial charge in [0.25, 0.3) is 5.56 Å². The Hall–Kier alpha value is -2.96. The van der Waals surface area contributed by atoms with Crippen molar-refractivity contribution in [2.24, 2.45) is 0 Å². The molecule has 0 fully saturated rings. The Morgan fingerprint density at radius 2 is 1.92 bits per heavy atom. The van der Waals surface area contributed by atoms with E-state index in [1.54, 1.807) is 6.07 Å². The van der Waals surface area contributed by atoms with E-state index in [4.69, 9.17) is 4.74 Å². The number of aromatic nitrogens is 2. The Morgan fingerprint density at radius 3 is 2.71 bits per heavy atom. The molecule has 0 spiro atoms. The van der Waals surface area contributed by atoms with Crippen LogP contribution in [0, 0.1) is 0 Å². The average Bonchev–Trinajstić information content (AvgIpc) is 3.03. The summed E-state index contributed by atoms with van der Waals surface area (Å²) in [5, 5.41) is 0. The second kappa shape index (κ2) is 6.66. The molecular weight excluding hydrogens is 312 g/mol. The number of ether oxygens (including phenoxy) is 1. The van der Waals surface area contributed by atoms with Crippen LogP contribution < -0.4 is 11.2 Å². The summed E-state index contributed by atoms with van der Waals surface area (Å²) in [5.74, 6) is -1.01. The molecule has 1 aliphatic rings. The van der Waals surface area contributed by atoms with Crippen LogP contribution in [0.2, 0.25) is 0 Å². The first kappa shape index (κ1) is 15.9. The molecule has 1 aliphatic carbocycles. The summed E-state index contributed by atoms with van der Waals surface area (Å²) < 4.78 is 5.93. The van der Waals surface area contributed by atoms with Crippen LogP contribution in [0.25, 0.3) is 0 Å². The molecule has 0 amide bonds. The highest BCUT2D eigenvalue weighted by Crippen LogP contribution is 2.22. The molecule has 0 bridgehead atoms. The minimum Gasteiger partial charge on any atom is -0.456 e. The van der Waals surface area contributed by atoms with E-state index in [0.29, 0.717) is 5.56 Å². The van der Waals surface area contributed by atoms with E-state index in [1.165, 1.54) is 17.3 Å². The number of esters is 1. The maximum absolute atomic E-state index is 12.1. The van der Waals surface area contributed by atoms with Gasteiger partial charge in [0.15, 0.2) is 12.4 Å². The molecule has 1 N–H and O–H groups in total. The molecule has 1 aromatic heterocycles. The lowest BCUT2D eigenvalue weighted by atomic mass is 10.0. The van der Waals surface area contributed by atoms with Gasteiger partial charge in [-0.2, -0.15) is 0 Å². The molecule has 0 unspecified atom stereocenters. The number of H-pyrrole nitrogens is 1. The van der Waals surface area contributed by atoms with Crippen molar-refractivity contribution >= 4 is 11.8 Å². The third kappa shape index (κ3) is 3.51. The van der Waals surface area contributed by atoms with Crippen LogP contribution >= 0.6 is 0 Å². The standard InChI is InChI=1S/C17H16N2O5/c20-14(13-5-4-11-2-1-3-12(11)8-13)10-24-16(22)9-19-7-6-15(21)18-17(19)23/h4-8H,1-3,9-10H2,(H,18,21,23). The van der Waals surface area contributed by atoms with Crippen molar-refractivity contribution in [3.8, 4) is 0 Å². The highest BCUT2D eigenvalue weighted by Gasteiger charge is 2.15. The second-order valence-corrected chi connectivity index (χ2v) is 5.66. The van der Waals surface area contributed by atoms with E-state index in [2.05, 4.69) is 0 Å². The fraction of sp³-hybridized carbons (Fsp3) is 0.294. The zero-order valence-electron chi connectivity index (χ0n) is 12.9. The number of Topliss-reactive ketones (excluding diaryl/α,β-unsaturated/α-hetero) is 1. The van der Waals surface area contributed by atoms with Gasteiger partial charge in [0, 0.05) is 17.8 Å². The van der Waals surface area contributed by atoms with Gasteiger partial charge in [0.1, 0.15) is 6.54 Å². The molecule has 124 valence electrons. The van der Waals surface area contributed by atoms with Gasteiger partial charge in [0.05, 0.1) is 0 Å². The van der Waals surface area contributed by atoms with Crippen LogP contribution in [0.3, 0.4) is 0 Å². The van der Waals surface area contributed by atoms with E-state index < -0.39 is 17.2 Å². The Labute approximate surface area is 136 Å². The molecule has 24 heavy (non-hydrogen) atoms. The highest BCUT2D eigenvalue weighted by atomic mass is 16.5. The molecule has 0 atom stereocenters. The molecular formula is C17H16N2O5. The van der Waals surface area contributed by atoms with Gasteiger partial charge < -0.3 is 4.74 Å². The number of nitrogens with zero attached hydrogens (tertiary/aromatic N) is 1. The van der Waals surface area contributed by atoms with Gasteiger partial charge in [-0.1, -0.05) is 12.1 Å². The van der Waals surface area contributed by atoms with E-state index in [-0.39, 0.29) is 18.9 Å². The fourth-order valence-corrected chi connectivity index (χ4v) is 2.73. The van der Waals surface area contributed by atoms with Crippen molar-refractivity contribution < 1.29 is 14.3 Å². The smallest absolute Gasteiger partial charge is 0.328 e. The summed E-state index contributed by atoms with van der Waals surface area (Å²) in [6.45, 7) is -0.747. The van der Waals surface area contributed by atoms with Crippen molar-refractivity contribution in [3.63, 3.8) is 0 Å². The Bertz CT molecular complexity index is 910. The molecule has 7 nitrogen and oxygen atoms in total. The maximum atomic E-state index is 12.1. The second-order valence-electron chi connectivity index (χ2n) is 5.66. The summed E-state index contributed by atoms with van der Waals surface area (Å²) in [5.41, 5.74) is 1.71. The number of aromatic amines is 1. The zero-order valence-corrected chi connectivity index (χ0v) is 12.9. The number of carbonyl (C=O) groups excluding carboxylic acids is 2. The summed E-state index contributed by atoms with van der Waals surface area (Å²) in [6.07, 6.45) is 4.29. The summed E-state index contributed by atoms with van der Waals surface area (Å²) >= 11 is 0.